The molecule has 2 aliphatic rings. The molecule has 1 unspecified atom stereocenters. The molecule has 1 aliphatic carbocycles. The molecule has 2 N–H and O–H groups in total. The Morgan fingerprint density at radius 2 is 1.95 bits per heavy atom. The van der Waals surface area contributed by atoms with E-state index in [0.717, 1.165) is 30.6 Å². The van der Waals surface area contributed by atoms with E-state index in [9.17, 15) is 0 Å². The topological polar surface area (TPSA) is 53.7 Å². The maximum Gasteiger partial charge on any atom is 0.162 e. The smallest absolute Gasteiger partial charge is 0.162 e. The Bertz CT molecular complexity index is 497. The van der Waals surface area contributed by atoms with E-state index < -0.39 is 0 Å². The van der Waals surface area contributed by atoms with Gasteiger partial charge in [-0.25, -0.2) is 0 Å². The van der Waals surface area contributed by atoms with Gasteiger partial charge in [-0.1, -0.05) is 11.6 Å². The Kier molecular flexibility index (Phi) is 3.80. The largest absolute Gasteiger partial charge is 0.486 e. The van der Waals surface area contributed by atoms with Crippen LogP contribution in [0.2, 0.25) is 5.02 Å². The molecule has 20 heavy (non-hydrogen) atoms. The maximum absolute atomic E-state index is 6.34. The first-order chi connectivity index (χ1) is 9.63. The van der Waals surface area contributed by atoms with E-state index in [1.807, 2.05) is 6.07 Å². The van der Waals surface area contributed by atoms with Crippen LogP contribution in [-0.2, 0) is 4.74 Å². The second-order valence-electron chi connectivity index (χ2n) is 5.57. The summed E-state index contributed by atoms with van der Waals surface area (Å²) in [6.07, 6.45) is 4.12. The zero-order chi connectivity index (χ0) is 14.2. The number of methoxy groups -OCH3 is 1. The molecular weight excluding hydrogens is 278 g/mol. The van der Waals surface area contributed by atoms with Crippen molar-refractivity contribution < 1.29 is 14.2 Å². The summed E-state index contributed by atoms with van der Waals surface area (Å²) in [6, 6.07) is 3.55. The van der Waals surface area contributed by atoms with Crippen LogP contribution in [0.1, 0.15) is 37.3 Å². The van der Waals surface area contributed by atoms with Crippen LogP contribution in [0.5, 0.6) is 11.5 Å². The molecule has 0 saturated heterocycles. The molecule has 110 valence electrons. The van der Waals surface area contributed by atoms with Crippen molar-refractivity contribution in [3.63, 3.8) is 0 Å². The van der Waals surface area contributed by atoms with E-state index in [1.54, 1.807) is 13.2 Å². The van der Waals surface area contributed by atoms with Crippen molar-refractivity contribution in [1.82, 2.24) is 0 Å². The second kappa shape index (κ2) is 5.43. The summed E-state index contributed by atoms with van der Waals surface area (Å²) >= 11 is 6.33. The van der Waals surface area contributed by atoms with Crippen molar-refractivity contribution in [1.29, 1.82) is 0 Å². The summed E-state index contributed by atoms with van der Waals surface area (Å²) in [4.78, 5) is 0. The molecule has 0 aromatic heterocycles. The molecule has 1 aliphatic heterocycles. The third-order valence-corrected chi connectivity index (χ3v) is 4.68. The van der Waals surface area contributed by atoms with Gasteiger partial charge in [0.2, 0.25) is 0 Å². The van der Waals surface area contributed by atoms with Crippen LogP contribution in [0, 0.1) is 0 Å². The van der Waals surface area contributed by atoms with Crippen molar-refractivity contribution in [2.45, 2.75) is 37.3 Å². The Morgan fingerprint density at radius 1 is 1.30 bits per heavy atom. The van der Waals surface area contributed by atoms with Gasteiger partial charge in [0, 0.05) is 24.2 Å². The third-order valence-electron chi connectivity index (χ3n) is 4.35. The van der Waals surface area contributed by atoms with E-state index in [2.05, 4.69) is 0 Å². The van der Waals surface area contributed by atoms with Crippen LogP contribution in [0.15, 0.2) is 12.1 Å². The number of hydrogen-bond donors (Lipinski definition) is 1. The number of rotatable bonds is 4. The molecule has 1 heterocycles. The first-order valence-corrected chi connectivity index (χ1v) is 7.41. The van der Waals surface area contributed by atoms with E-state index in [4.69, 9.17) is 31.5 Å². The number of benzene rings is 1. The molecule has 1 aromatic carbocycles. The first kappa shape index (κ1) is 14.0. The lowest BCUT2D eigenvalue weighted by molar-refractivity contribution is -0.0817. The summed E-state index contributed by atoms with van der Waals surface area (Å²) in [7, 11) is 1.76. The predicted molar refractivity (Wildman–Crippen MR) is 77.6 cm³/mol. The standard InChI is InChI=1S/C15H20ClNO3/c1-18-15(3-2-4-15)9-12(17)10-7-13-14(8-11(10)16)20-6-5-19-13/h7-8,12H,2-6,9,17H2,1H3. The molecular formula is C15H20ClNO3. The zero-order valence-corrected chi connectivity index (χ0v) is 12.4. The average molecular weight is 298 g/mol. The van der Waals surface area contributed by atoms with Gasteiger partial charge in [-0.3, -0.25) is 0 Å². The van der Waals surface area contributed by atoms with E-state index in [0.29, 0.717) is 24.0 Å². The molecule has 4 nitrogen and oxygen atoms in total. The fourth-order valence-electron chi connectivity index (χ4n) is 2.94. The first-order valence-electron chi connectivity index (χ1n) is 7.03. The highest BCUT2D eigenvalue weighted by molar-refractivity contribution is 6.31. The molecule has 0 bridgehead atoms. The van der Waals surface area contributed by atoms with Gasteiger partial charge in [0.05, 0.1) is 5.60 Å². The molecule has 5 heteroatoms. The second-order valence-corrected chi connectivity index (χ2v) is 5.98. The fraction of sp³-hybridized carbons (Fsp3) is 0.600. The maximum atomic E-state index is 6.34. The Morgan fingerprint density at radius 3 is 2.50 bits per heavy atom. The van der Waals surface area contributed by atoms with Crippen LogP contribution in [0.25, 0.3) is 0 Å². The van der Waals surface area contributed by atoms with Crippen LogP contribution < -0.4 is 15.2 Å². The van der Waals surface area contributed by atoms with Crippen molar-refractivity contribution in [2.24, 2.45) is 5.73 Å². The minimum Gasteiger partial charge on any atom is -0.486 e. The highest BCUT2D eigenvalue weighted by atomic mass is 35.5. The molecule has 1 fully saturated rings. The number of fused-ring (bicyclic) bond motifs is 1. The summed E-state index contributed by atoms with van der Waals surface area (Å²) in [5.74, 6) is 1.42. The highest BCUT2D eigenvalue weighted by Gasteiger charge is 2.39. The van der Waals surface area contributed by atoms with Crippen molar-refractivity contribution >= 4 is 11.6 Å². The summed E-state index contributed by atoms with van der Waals surface area (Å²) in [5, 5.41) is 0.632. The van der Waals surface area contributed by atoms with Crippen molar-refractivity contribution in [2.75, 3.05) is 20.3 Å². The minimum atomic E-state index is -0.154. The van der Waals surface area contributed by atoms with Gasteiger partial charge >= 0.3 is 0 Å². The van der Waals surface area contributed by atoms with Crippen LogP contribution in [-0.4, -0.2) is 25.9 Å². The number of ether oxygens (including phenoxy) is 3. The molecule has 0 spiro atoms. The fourth-order valence-corrected chi connectivity index (χ4v) is 3.23. The Hall–Kier alpha value is -0.970. The Balaban J connectivity index is 1.82. The van der Waals surface area contributed by atoms with Gasteiger partial charge in [0.1, 0.15) is 13.2 Å². The number of nitrogens with two attached hydrogens (primary N) is 1. The van der Waals surface area contributed by atoms with E-state index in [1.165, 1.54) is 6.42 Å². The normalized spacial score (nSPS) is 21.1. The summed E-state index contributed by atoms with van der Waals surface area (Å²) in [6.45, 7) is 1.12. The summed E-state index contributed by atoms with van der Waals surface area (Å²) < 4.78 is 16.8. The van der Waals surface area contributed by atoms with Gasteiger partial charge in [-0.05, 0) is 37.3 Å². The zero-order valence-electron chi connectivity index (χ0n) is 11.7. The van der Waals surface area contributed by atoms with Gasteiger partial charge in [0.15, 0.2) is 11.5 Å². The van der Waals surface area contributed by atoms with Gasteiger partial charge in [-0.2, -0.15) is 0 Å². The average Bonchev–Trinajstić information content (AvgIpc) is 2.42. The monoisotopic (exact) mass is 297 g/mol. The van der Waals surface area contributed by atoms with Crippen molar-refractivity contribution in [3.05, 3.63) is 22.7 Å². The van der Waals surface area contributed by atoms with Crippen LogP contribution in [0.4, 0.5) is 0 Å². The highest BCUT2D eigenvalue weighted by Crippen LogP contribution is 2.44. The van der Waals surface area contributed by atoms with Gasteiger partial charge in [0.25, 0.3) is 0 Å². The lowest BCUT2D eigenvalue weighted by Crippen LogP contribution is -2.41. The summed E-state index contributed by atoms with van der Waals surface area (Å²) in [5.41, 5.74) is 7.17. The number of halogens is 1. The predicted octanol–water partition coefficient (Wildman–Crippen LogP) is 3.07. The molecule has 0 radical (unpaired) electrons. The van der Waals surface area contributed by atoms with Crippen LogP contribution >= 0.6 is 11.6 Å². The quantitative estimate of drug-likeness (QED) is 0.928. The van der Waals surface area contributed by atoms with E-state index >= 15 is 0 Å². The molecule has 1 aromatic rings. The lowest BCUT2D eigenvalue weighted by atomic mass is 9.75. The van der Waals surface area contributed by atoms with Gasteiger partial charge < -0.3 is 19.9 Å². The molecule has 3 rings (SSSR count). The molecule has 1 saturated carbocycles. The SMILES string of the molecule is COC1(CC(N)c2cc3c(cc2Cl)OCCO3)CCC1. The van der Waals surface area contributed by atoms with E-state index in [-0.39, 0.29) is 11.6 Å². The molecule has 1 atom stereocenters. The van der Waals surface area contributed by atoms with Crippen molar-refractivity contribution in [3.8, 4) is 11.5 Å². The molecule has 0 amide bonds. The number of hydrogen-bond acceptors (Lipinski definition) is 4. The minimum absolute atomic E-state index is 0.0734. The van der Waals surface area contributed by atoms with Crippen LogP contribution in [0.3, 0.4) is 0 Å². The third kappa shape index (κ3) is 2.48. The Labute approximate surface area is 124 Å². The lowest BCUT2D eigenvalue weighted by Gasteiger charge is -2.42. The van der Waals surface area contributed by atoms with Gasteiger partial charge in [-0.15, -0.1) is 0 Å².